The van der Waals surface area contributed by atoms with Gasteiger partial charge in [-0.25, -0.2) is 0 Å². The third-order valence-electron chi connectivity index (χ3n) is 4.04. The predicted octanol–water partition coefficient (Wildman–Crippen LogP) is 1.36. The van der Waals surface area contributed by atoms with Crippen LogP contribution < -0.4 is 5.32 Å². The zero-order valence-corrected chi connectivity index (χ0v) is 12.3. The highest BCUT2D eigenvalue weighted by atomic mass is 16.3. The number of carbonyl (C=O) groups excluding carboxylic acids is 1. The number of carbonyl (C=O) groups is 1. The first kappa shape index (κ1) is 15.0. The molecule has 1 heterocycles. The van der Waals surface area contributed by atoms with Gasteiger partial charge in [-0.15, -0.1) is 0 Å². The maximum absolute atomic E-state index is 12.6. The van der Waals surface area contributed by atoms with Gasteiger partial charge in [-0.05, 0) is 24.9 Å². The van der Waals surface area contributed by atoms with E-state index in [1.165, 1.54) is 0 Å². The largest absolute Gasteiger partial charge is 0.387 e. The van der Waals surface area contributed by atoms with E-state index in [-0.39, 0.29) is 11.8 Å². The molecule has 2 unspecified atom stereocenters. The minimum absolute atomic E-state index is 0.0824. The number of hydrogen-bond donors (Lipinski definition) is 2. The summed E-state index contributed by atoms with van der Waals surface area (Å²) in [7, 11) is 1.78. The minimum Gasteiger partial charge on any atom is -0.387 e. The summed E-state index contributed by atoms with van der Waals surface area (Å²) in [6, 6.07) is 9.86. The second-order valence-corrected chi connectivity index (χ2v) is 5.72. The third-order valence-corrected chi connectivity index (χ3v) is 4.04. The van der Waals surface area contributed by atoms with Crippen molar-refractivity contribution in [2.24, 2.45) is 0 Å². The number of amides is 1. The Kier molecular flexibility index (Phi) is 4.78. The Hall–Kier alpha value is -1.39. The maximum Gasteiger partial charge on any atom is 0.229 e. The quantitative estimate of drug-likeness (QED) is 0.854. The Labute approximate surface area is 120 Å². The van der Waals surface area contributed by atoms with Crippen LogP contribution in [0.15, 0.2) is 30.3 Å². The molecule has 20 heavy (non-hydrogen) atoms. The molecule has 1 aliphatic heterocycles. The molecular formula is C16H24N2O2. The maximum atomic E-state index is 12.6. The van der Waals surface area contributed by atoms with Gasteiger partial charge in [-0.2, -0.15) is 0 Å². The molecule has 0 radical (unpaired) electrons. The second-order valence-electron chi connectivity index (χ2n) is 5.72. The molecule has 2 rings (SSSR count). The molecule has 1 aromatic rings. The molecule has 1 amide bonds. The Balaban J connectivity index is 2.04. The van der Waals surface area contributed by atoms with Gasteiger partial charge in [0.15, 0.2) is 0 Å². The molecule has 0 spiro atoms. The van der Waals surface area contributed by atoms with Crippen molar-refractivity contribution in [3.8, 4) is 0 Å². The number of nitrogens with zero attached hydrogens (tertiary/aromatic N) is 1. The second kappa shape index (κ2) is 6.37. The molecule has 2 atom stereocenters. The summed E-state index contributed by atoms with van der Waals surface area (Å²) < 4.78 is 0. The van der Waals surface area contributed by atoms with Crippen LogP contribution in [0.2, 0.25) is 0 Å². The van der Waals surface area contributed by atoms with Gasteiger partial charge in [0.1, 0.15) is 0 Å². The summed E-state index contributed by atoms with van der Waals surface area (Å²) in [5.74, 6) is -0.0433. The fourth-order valence-electron chi connectivity index (χ4n) is 2.89. The Morgan fingerprint density at radius 2 is 2.15 bits per heavy atom. The highest BCUT2D eigenvalue weighted by Crippen LogP contribution is 2.23. The van der Waals surface area contributed by atoms with Gasteiger partial charge in [-0.1, -0.05) is 37.3 Å². The standard InChI is InChI=1S/C16H24N2O2/c1-3-14(13-7-5-4-6-8-13)15(19)18(2)12-16(20)9-10-17-11-16/h4-8,14,17,20H,3,9-12H2,1-2H3. The number of hydrogen-bond acceptors (Lipinski definition) is 3. The number of benzene rings is 1. The van der Waals surface area contributed by atoms with Crippen molar-refractivity contribution in [2.75, 3.05) is 26.7 Å². The summed E-state index contributed by atoms with van der Waals surface area (Å²) >= 11 is 0. The zero-order chi connectivity index (χ0) is 14.6. The topological polar surface area (TPSA) is 52.6 Å². The molecule has 1 saturated heterocycles. The Morgan fingerprint density at radius 1 is 1.45 bits per heavy atom. The molecular weight excluding hydrogens is 252 g/mol. The molecule has 1 aliphatic rings. The van der Waals surface area contributed by atoms with Crippen molar-refractivity contribution in [2.45, 2.75) is 31.3 Å². The smallest absolute Gasteiger partial charge is 0.229 e. The zero-order valence-electron chi connectivity index (χ0n) is 12.3. The predicted molar refractivity (Wildman–Crippen MR) is 79.5 cm³/mol. The molecule has 4 nitrogen and oxygen atoms in total. The van der Waals surface area contributed by atoms with E-state index in [2.05, 4.69) is 5.32 Å². The number of nitrogens with one attached hydrogen (secondary N) is 1. The van der Waals surface area contributed by atoms with E-state index >= 15 is 0 Å². The SMILES string of the molecule is CCC(C(=O)N(C)CC1(O)CCNC1)c1ccccc1. The van der Waals surface area contributed by atoms with Crippen LogP contribution in [-0.2, 0) is 4.79 Å². The highest BCUT2D eigenvalue weighted by Gasteiger charge is 2.34. The molecule has 1 aromatic carbocycles. The van der Waals surface area contributed by atoms with Crippen LogP contribution in [0.25, 0.3) is 0 Å². The molecule has 110 valence electrons. The van der Waals surface area contributed by atoms with Crippen LogP contribution in [0.5, 0.6) is 0 Å². The first-order valence-electron chi connectivity index (χ1n) is 7.29. The number of aliphatic hydroxyl groups is 1. The van der Waals surface area contributed by atoms with Crippen molar-refractivity contribution in [3.63, 3.8) is 0 Å². The van der Waals surface area contributed by atoms with Gasteiger partial charge in [-0.3, -0.25) is 4.79 Å². The summed E-state index contributed by atoms with van der Waals surface area (Å²) in [6.07, 6.45) is 1.47. The van der Waals surface area contributed by atoms with E-state index < -0.39 is 5.60 Å². The lowest BCUT2D eigenvalue weighted by Gasteiger charge is -2.30. The molecule has 1 fully saturated rings. The van der Waals surface area contributed by atoms with Crippen molar-refractivity contribution in [3.05, 3.63) is 35.9 Å². The van der Waals surface area contributed by atoms with E-state index in [9.17, 15) is 9.90 Å². The van der Waals surface area contributed by atoms with Gasteiger partial charge in [0.2, 0.25) is 5.91 Å². The molecule has 2 N–H and O–H groups in total. The first-order chi connectivity index (χ1) is 9.56. The van der Waals surface area contributed by atoms with Gasteiger partial charge < -0.3 is 15.3 Å². The first-order valence-corrected chi connectivity index (χ1v) is 7.29. The Morgan fingerprint density at radius 3 is 2.70 bits per heavy atom. The lowest BCUT2D eigenvalue weighted by atomic mass is 9.94. The molecule has 0 saturated carbocycles. The molecule has 0 aliphatic carbocycles. The minimum atomic E-state index is -0.778. The average Bonchev–Trinajstić information content (AvgIpc) is 2.87. The van der Waals surface area contributed by atoms with Crippen molar-refractivity contribution < 1.29 is 9.90 Å². The fourth-order valence-corrected chi connectivity index (χ4v) is 2.89. The number of β-amino-alcohol motifs (C(OH)–C–C–N with tert-alkyl or cyclic N) is 1. The number of likely N-dealkylation sites (N-methyl/N-ethyl adjacent to an activating group) is 1. The van der Waals surface area contributed by atoms with Crippen LogP contribution in [0.1, 0.15) is 31.2 Å². The monoisotopic (exact) mass is 276 g/mol. The molecule has 0 aromatic heterocycles. The van der Waals surface area contributed by atoms with E-state index in [0.29, 0.717) is 19.5 Å². The lowest BCUT2D eigenvalue weighted by molar-refractivity contribution is -0.134. The highest BCUT2D eigenvalue weighted by molar-refractivity contribution is 5.83. The van der Waals surface area contributed by atoms with Crippen LogP contribution in [0, 0.1) is 0 Å². The van der Waals surface area contributed by atoms with Crippen molar-refractivity contribution in [1.82, 2.24) is 10.2 Å². The van der Waals surface area contributed by atoms with Crippen molar-refractivity contribution >= 4 is 5.91 Å². The van der Waals surface area contributed by atoms with E-state index in [1.807, 2.05) is 37.3 Å². The van der Waals surface area contributed by atoms with Gasteiger partial charge in [0.05, 0.1) is 18.1 Å². The summed E-state index contributed by atoms with van der Waals surface area (Å²) in [4.78, 5) is 14.3. The van der Waals surface area contributed by atoms with E-state index in [0.717, 1.165) is 18.5 Å². The van der Waals surface area contributed by atoms with Gasteiger partial charge >= 0.3 is 0 Å². The summed E-state index contributed by atoms with van der Waals surface area (Å²) in [6.45, 7) is 3.79. The Bertz CT molecular complexity index is 441. The summed E-state index contributed by atoms with van der Waals surface area (Å²) in [5, 5.41) is 13.5. The average molecular weight is 276 g/mol. The molecule has 4 heteroatoms. The van der Waals surface area contributed by atoms with E-state index in [1.54, 1.807) is 11.9 Å². The van der Waals surface area contributed by atoms with Crippen LogP contribution in [-0.4, -0.2) is 48.2 Å². The third kappa shape index (κ3) is 3.38. The van der Waals surface area contributed by atoms with E-state index in [4.69, 9.17) is 0 Å². The molecule has 0 bridgehead atoms. The number of rotatable bonds is 5. The van der Waals surface area contributed by atoms with Crippen molar-refractivity contribution in [1.29, 1.82) is 0 Å². The van der Waals surface area contributed by atoms with Gasteiger partial charge in [0, 0.05) is 13.6 Å². The van der Waals surface area contributed by atoms with Crippen LogP contribution in [0.4, 0.5) is 0 Å². The fraction of sp³-hybridized carbons (Fsp3) is 0.562. The lowest BCUT2D eigenvalue weighted by Crippen LogP contribution is -2.46. The van der Waals surface area contributed by atoms with Gasteiger partial charge in [0.25, 0.3) is 0 Å². The normalized spacial score (nSPS) is 23.6. The van der Waals surface area contributed by atoms with Crippen LogP contribution >= 0.6 is 0 Å². The van der Waals surface area contributed by atoms with Crippen LogP contribution in [0.3, 0.4) is 0 Å². The summed E-state index contributed by atoms with van der Waals surface area (Å²) in [5.41, 5.74) is 0.266.